The summed E-state index contributed by atoms with van der Waals surface area (Å²) in [5, 5.41) is 0. The molecule has 13 heavy (non-hydrogen) atoms. The van der Waals surface area contributed by atoms with E-state index in [-0.39, 0.29) is 0 Å². The summed E-state index contributed by atoms with van der Waals surface area (Å²) < 4.78 is 24.6. The normalized spacial score (nSPS) is 9.92. The molecule has 0 aliphatic rings. The van der Waals surface area contributed by atoms with Crippen molar-refractivity contribution < 1.29 is 8.78 Å². The van der Waals surface area contributed by atoms with Crippen LogP contribution in [0.5, 0.6) is 0 Å². The number of aliphatic imine (C=N–C) groups is 1. The molecule has 0 N–H and O–H groups in total. The molecule has 0 saturated heterocycles. The fourth-order valence-electron chi connectivity index (χ4n) is 0.397. The molecule has 0 bridgehead atoms. The van der Waals surface area contributed by atoms with Crippen LogP contribution in [0.25, 0.3) is 0 Å². The Balaban J connectivity index is 0. The van der Waals surface area contributed by atoms with E-state index in [2.05, 4.69) is 11.6 Å². The molecule has 0 saturated carbocycles. The number of halogens is 2. The first-order valence-corrected chi connectivity index (χ1v) is 4.18. The molecule has 0 unspecified atom stereocenters. The molecule has 0 fully saturated rings. The molecular weight excluding hydrogens is 172 g/mol. The lowest BCUT2D eigenvalue weighted by Gasteiger charge is -1.97. The van der Waals surface area contributed by atoms with Crippen molar-refractivity contribution >= 4 is 5.97 Å². The van der Waals surface area contributed by atoms with Crippen molar-refractivity contribution in [3.63, 3.8) is 0 Å². The quantitative estimate of drug-likeness (QED) is 0.456. The summed E-state index contributed by atoms with van der Waals surface area (Å²) >= 11 is 0. The first-order valence-electron chi connectivity index (χ1n) is 4.18. The van der Waals surface area contributed by atoms with Crippen molar-refractivity contribution in [2.45, 2.75) is 34.6 Å². The third-order valence-corrected chi connectivity index (χ3v) is 1.28. The van der Waals surface area contributed by atoms with Crippen LogP contribution in [0.2, 0.25) is 0 Å². The Morgan fingerprint density at radius 1 is 1.08 bits per heavy atom. The lowest BCUT2D eigenvalue weighted by Crippen LogP contribution is -1.93. The second-order valence-electron chi connectivity index (χ2n) is 2.40. The fraction of sp³-hybridized carbons (Fsp3) is 0.500. The number of hydrogen-bond acceptors (Lipinski definition) is 1. The van der Waals surface area contributed by atoms with Crippen LogP contribution in [0.15, 0.2) is 28.7 Å². The fourth-order valence-corrected chi connectivity index (χ4v) is 0.397. The maximum Gasteiger partial charge on any atom is 0.218 e. The average Bonchev–Trinajstić information content (AvgIpc) is 2.05. The predicted octanol–water partition coefficient (Wildman–Crippen LogP) is 4.18. The van der Waals surface area contributed by atoms with Crippen LogP contribution in [0.3, 0.4) is 0 Å². The van der Waals surface area contributed by atoms with E-state index in [1.807, 2.05) is 13.8 Å². The Labute approximate surface area is 78.9 Å². The molecule has 1 nitrogen and oxygen atoms in total. The molecule has 0 rings (SSSR count). The van der Waals surface area contributed by atoms with Gasteiger partial charge in [-0.05, 0) is 27.4 Å². The largest absolute Gasteiger partial charge is 0.218 e. The molecule has 0 aliphatic heterocycles. The van der Waals surface area contributed by atoms with E-state index in [4.69, 9.17) is 0 Å². The van der Waals surface area contributed by atoms with Gasteiger partial charge in [-0.15, -0.1) is 0 Å². The summed E-state index contributed by atoms with van der Waals surface area (Å²) in [5.74, 6) is -1.82. The van der Waals surface area contributed by atoms with Gasteiger partial charge in [0.15, 0.2) is 0 Å². The summed E-state index contributed by atoms with van der Waals surface area (Å²) in [6, 6.07) is 0. The molecule has 0 heterocycles. The average molecular weight is 189 g/mol. The van der Waals surface area contributed by atoms with Crippen LogP contribution in [0.4, 0.5) is 8.78 Å². The van der Waals surface area contributed by atoms with E-state index in [9.17, 15) is 8.78 Å². The zero-order chi connectivity index (χ0) is 11.0. The Morgan fingerprint density at radius 2 is 1.46 bits per heavy atom. The third kappa shape index (κ3) is 7.37. The number of hydrogen-bond donors (Lipinski definition) is 0. The Kier molecular flexibility index (Phi) is 8.55. The monoisotopic (exact) mass is 189 g/mol. The van der Waals surface area contributed by atoms with Gasteiger partial charge in [-0.1, -0.05) is 19.4 Å². The van der Waals surface area contributed by atoms with Crippen molar-refractivity contribution in [2.24, 2.45) is 4.99 Å². The number of rotatable bonds is 2. The molecule has 0 aromatic carbocycles. The van der Waals surface area contributed by atoms with Crippen LogP contribution >= 0.6 is 0 Å². The standard InChI is InChI=1S/C8H11F2N.C2H6/c1-5(2)6(3)8(10)11-7(4)9;1-2/h4H2,1-3H3;1-2H3/b11-8+;. The SMILES string of the molecule is C=C(F)/N=C(/F)C(C)=C(C)C.CC. The zero-order valence-electron chi connectivity index (χ0n) is 8.91. The lowest BCUT2D eigenvalue weighted by atomic mass is 10.2. The highest BCUT2D eigenvalue weighted by atomic mass is 19.1. The smallest absolute Gasteiger partial charge is 0.191 e. The second-order valence-corrected chi connectivity index (χ2v) is 2.40. The van der Waals surface area contributed by atoms with Crippen molar-refractivity contribution in [2.75, 3.05) is 0 Å². The molecular formula is C10H17F2N. The van der Waals surface area contributed by atoms with E-state index < -0.39 is 11.9 Å². The highest BCUT2D eigenvalue weighted by Crippen LogP contribution is 2.08. The Bertz CT molecular complexity index is 223. The van der Waals surface area contributed by atoms with Gasteiger partial charge in [-0.2, -0.15) is 13.8 Å². The van der Waals surface area contributed by atoms with Gasteiger partial charge in [0.25, 0.3) is 0 Å². The van der Waals surface area contributed by atoms with Gasteiger partial charge in [-0.3, -0.25) is 0 Å². The molecule has 0 spiro atoms. The molecule has 0 amide bonds. The van der Waals surface area contributed by atoms with Crippen LogP contribution in [-0.4, -0.2) is 5.97 Å². The van der Waals surface area contributed by atoms with Gasteiger partial charge in [0.1, 0.15) is 0 Å². The summed E-state index contributed by atoms with van der Waals surface area (Å²) in [4.78, 5) is 2.93. The first-order chi connectivity index (χ1) is 5.95. The van der Waals surface area contributed by atoms with Gasteiger partial charge < -0.3 is 0 Å². The minimum absolute atomic E-state index is 0.351. The first kappa shape index (κ1) is 14.5. The van der Waals surface area contributed by atoms with Gasteiger partial charge >= 0.3 is 0 Å². The molecule has 0 atom stereocenters. The minimum Gasteiger partial charge on any atom is -0.191 e. The van der Waals surface area contributed by atoms with Gasteiger partial charge in [0.2, 0.25) is 11.9 Å². The van der Waals surface area contributed by atoms with E-state index >= 15 is 0 Å². The molecule has 76 valence electrons. The predicted molar refractivity (Wildman–Crippen MR) is 54.2 cm³/mol. The summed E-state index contributed by atoms with van der Waals surface area (Å²) in [6.07, 6.45) is 0. The Hall–Kier alpha value is -0.990. The maximum absolute atomic E-state index is 12.7. The maximum atomic E-state index is 12.7. The van der Waals surface area contributed by atoms with Crippen LogP contribution in [0.1, 0.15) is 34.6 Å². The van der Waals surface area contributed by atoms with E-state index in [0.29, 0.717) is 5.57 Å². The van der Waals surface area contributed by atoms with Crippen LogP contribution in [0, 0.1) is 0 Å². The third-order valence-electron chi connectivity index (χ3n) is 1.28. The zero-order valence-corrected chi connectivity index (χ0v) is 8.91. The molecule has 3 heteroatoms. The summed E-state index contributed by atoms with van der Waals surface area (Å²) in [7, 11) is 0. The lowest BCUT2D eigenvalue weighted by molar-refractivity contribution is 0.624. The number of nitrogens with zero attached hydrogens (tertiary/aromatic N) is 1. The second kappa shape index (κ2) is 7.65. The number of allylic oxidation sites excluding steroid dienone is 2. The van der Waals surface area contributed by atoms with Crippen molar-refractivity contribution in [1.82, 2.24) is 0 Å². The molecule has 0 aromatic rings. The highest BCUT2D eigenvalue weighted by Gasteiger charge is 2.01. The molecule has 0 aromatic heterocycles. The van der Waals surface area contributed by atoms with Crippen LogP contribution in [-0.2, 0) is 0 Å². The van der Waals surface area contributed by atoms with Crippen molar-refractivity contribution in [3.05, 3.63) is 23.7 Å². The molecule has 0 radical (unpaired) electrons. The van der Waals surface area contributed by atoms with Crippen LogP contribution < -0.4 is 0 Å². The van der Waals surface area contributed by atoms with E-state index in [1.165, 1.54) is 6.92 Å². The van der Waals surface area contributed by atoms with E-state index in [0.717, 1.165) is 5.57 Å². The van der Waals surface area contributed by atoms with Crippen molar-refractivity contribution in [3.8, 4) is 0 Å². The van der Waals surface area contributed by atoms with Gasteiger partial charge in [0.05, 0.1) is 0 Å². The minimum atomic E-state index is -1.01. The Morgan fingerprint density at radius 3 is 1.69 bits per heavy atom. The summed E-state index contributed by atoms with van der Waals surface area (Å²) in [5.41, 5.74) is 1.12. The molecule has 0 aliphatic carbocycles. The topological polar surface area (TPSA) is 12.4 Å². The van der Waals surface area contributed by atoms with Gasteiger partial charge in [0, 0.05) is 5.57 Å². The summed E-state index contributed by atoms with van der Waals surface area (Å²) in [6.45, 7) is 11.8. The van der Waals surface area contributed by atoms with E-state index in [1.54, 1.807) is 13.8 Å². The van der Waals surface area contributed by atoms with Crippen molar-refractivity contribution in [1.29, 1.82) is 0 Å². The van der Waals surface area contributed by atoms with Gasteiger partial charge in [-0.25, -0.2) is 0 Å². The highest BCUT2D eigenvalue weighted by molar-refractivity contribution is 5.93.